The van der Waals surface area contributed by atoms with Gasteiger partial charge >= 0.3 is 0 Å². The van der Waals surface area contributed by atoms with Gasteiger partial charge in [-0.2, -0.15) is 11.3 Å². The molecule has 3 rings (SSSR count). The minimum Gasteiger partial charge on any atom is -0.377 e. The van der Waals surface area contributed by atoms with Crippen LogP contribution in [0.15, 0.2) is 10.8 Å². The van der Waals surface area contributed by atoms with Gasteiger partial charge in [-0.05, 0) is 35.2 Å². The maximum Gasteiger partial charge on any atom is 0.0691 e. The predicted molar refractivity (Wildman–Crippen MR) is 79.3 cm³/mol. The van der Waals surface area contributed by atoms with Crippen LogP contribution in [0.1, 0.15) is 31.4 Å². The van der Waals surface area contributed by atoms with E-state index in [1.807, 2.05) is 0 Å². The molecule has 0 amide bonds. The molecular weight excluding hydrogens is 256 g/mol. The molecule has 0 aromatic carbocycles. The summed E-state index contributed by atoms with van der Waals surface area (Å²) in [6.07, 6.45) is 1.48. The Balaban J connectivity index is 1.62. The van der Waals surface area contributed by atoms with Crippen LogP contribution in [-0.2, 0) is 11.3 Å². The lowest BCUT2D eigenvalue weighted by atomic mass is 9.48. The molecule has 106 valence electrons. The Morgan fingerprint density at radius 3 is 2.95 bits per heavy atom. The third-order valence-corrected chi connectivity index (χ3v) is 6.27. The van der Waals surface area contributed by atoms with E-state index < -0.39 is 0 Å². The highest BCUT2D eigenvalue weighted by Gasteiger charge is 2.67. The average molecular weight is 280 g/mol. The Hall–Kier alpha value is -0.420. The van der Waals surface area contributed by atoms with Crippen LogP contribution in [0.5, 0.6) is 0 Å². The number of nitrogens with two attached hydrogens (primary N) is 1. The Bertz CT molecular complexity index is 470. The van der Waals surface area contributed by atoms with E-state index >= 15 is 0 Å². The number of hydrogen-bond acceptors (Lipinski definition) is 4. The van der Waals surface area contributed by atoms with Crippen molar-refractivity contribution >= 4 is 11.3 Å². The first kappa shape index (κ1) is 13.6. The Kier molecular flexibility index (Phi) is 3.25. The van der Waals surface area contributed by atoms with Crippen molar-refractivity contribution in [2.45, 2.75) is 45.4 Å². The molecule has 2 aliphatic rings. The first-order chi connectivity index (χ1) is 8.97. The Morgan fingerprint density at radius 2 is 2.26 bits per heavy atom. The zero-order valence-electron chi connectivity index (χ0n) is 12.0. The molecule has 1 saturated carbocycles. The summed E-state index contributed by atoms with van der Waals surface area (Å²) in [6, 6.07) is 0. The minimum absolute atomic E-state index is 0.0743. The van der Waals surface area contributed by atoms with E-state index in [9.17, 15) is 0 Å². The van der Waals surface area contributed by atoms with E-state index in [0.717, 1.165) is 26.1 Å². The molecule has 0 radical (unpaired) electrons. The Morgan fingerprint density at radius 1 is 1.47 bits per heavy atom. The van der Waals surface area contributed by atoms with Crippen LogP contribution in [-0.4, -0.2) is 24.8 Å². The van der Waals surface area contributed by atoms with E-state index in [-0.39, 0.29) is 11.0 Å². The van der Waals surface area contributed by atoms with Gasteiger partial charge in [0.2, 0.25) is 0 Å². The molecule has 1 aromatic heterocycles. The third kappa shape index (κ3) is 1.88. The molecule has 1 aromatic rings. The van der Waals surface area contributed by atoms with Crippen molar-refractivity contribution in [1.82, 2.24) is 5.32 Å². The smallest absolute Gasteiger partial charge is 0.0691 e. The molecule has 1 aliphatic heterocycles. The van der Waals surface area contributed by atoms with Gasteiger partial charge in [0.15, 0.2) is 0 Å². The minimum atomic E-state index is -0.127. The van der Waals surface area contributed by atoms with Crippen molar-refractivity contribution in [2.24, 2.45) is 17.1 Å². The van der Waals surface area contributed by atoms with Gasteiger partial charge in [-0.3, -0.25) is 0 Å². The third-order valence-electron chi connectivity index (χ3n) is 5.36. The lowest BCUT2D eigenvalue weighted by molar-refractivity contribution is -0.153. The van der Waals surface area contributed by atoms with Crippen molar-refractivity contribution in [3.05, 3.63) is 21.9 Å². The number of ether oxygens (including phenoxy) is 1. The summed E-state index contributed by atoms with van der Waals surface area (Å²) >= 11 is 1.77. The fourth-order valence-corrected chi connectivity index (χ4v) is 4.66. The molecule has 3 unspecified atom stereocenters. The highest BCUT2D eigenvalue weighted by atomic mass is 32.1. The quantitative estimate of drug-likeness (QED) is 0.889. The monoisotopic (exact) mass is 280 g/mol. The van der Waals surface area contributed by atoms with Gasteiger partial charge in [0.1, 0.15) is 0 Å². The van der Waals surface area contributed by atoms with Crippen LogP contribution in [0.4, 0.5) is 0 Å². The number of hydrogen-bond donors (Lipinski definition) is 2. The molecule has 1 aliphatic carbocycles. The summed E-state index contributed by atoms with van der Waals surface area (Å²) in [5.74, 6) is 0.526. The van der Waals surface area contributed by atoms with E-state index in [1.165, 1.54) is 11.1 Å². The van der Waals surface area contributed by atoms with E-state index in [1.54, 1.807) is 11.3 Å². The standard InChI is InChI=1S/C15H24N2OS/c1-10-7-19-8-11(10)6-17-9-15(16)12-4-5-18-13(12)14(15,2)3/h7-8,12-13,17H,4-6,9,16H2,1-3H3. The summed E-state index contributed by atoms with van der Waals surface area (Å²) < 4.78 is 5.83. The molecule has 4 heteroatoms. The van der Waals surface area contributed by atoms with Gasteiger partial charge in [0.05, 0.1) is 6.10 Å². The molecule has 3 nitrogen and oxygen atoms in total. The molecule has 19 heavy (non-hydrogen) atoms. The SMILES string of the molecule is Cc1cscc1CNCC1(N)C2CCOC2C1(C)C. The maximum absolute atomic E-state index is 6.70. The molecule has 2 heterocycles. The molecule has 0 bridgehead atoms. The van der Waals surface area contributed by atoms with Gasteiger partial charge < -0.3 is 15.8 Å². The topological polar surface area (TPSA) is 47.3 Å². The second-order valence-corrected chi connectivity index (χ2v) is 7.38. The van der Waals surface area contributed by atoms with Crippen LogP contribution in [0, 0.1) is 18.3 Å². The zero-order valence-corrected chi connectivity index (χ0v) is 12.8. The number of fused-ring (bicyclic) bond motifs is 1. The van der Waals surface area contributed by atoms with E-state index in [0.29, 0.717) is 12.0 Å². The van der Waals surface area contributed by atoms with Gasteiger partial charge in [-0.15, -0.1) is 0 Å². The summed E-state index contributed by atoms with van der Waals surface area (Å²) in [4.78, 5) is 0. The van der Waals surface area contributed by atoms with Crippen LogP contribution < -0.4 is 11.1 Å². The van der Waals surface area contributed by atoms with Crippen LogP contribution in [0.2, 0.25) is 0 Å². The van der Waals surface area contributed by atoms with Crippen molar-refractivity contribution < 1.29 is 4.74 Å². The number of aryl methyl sites for hydroxylation is 1. The second kappa shape index (κ2) is 4.55. The van der Waals surface area contributed by atoms with Crippen LogP contribution in [0.3, 0.4) is 0 Å². The molecule has 0 spiro atoms. The normalized spacial score (nSPS) is 36.0. The summed E-state index contributed by atoms with van der Waals surface area (Å²) in [6.45, 7) is 9.33. The van der Waals surface area contributed by atoms with Crippen LogP contribution >= 0.6 is 11.3 Å². The van der Waals surface area contributed by atoms with Crippen molar-refractivity contribution in [3.8, 4) is 0 Å². The van der Waals surface area contributed by atoms with Gasteiger partial charge in [-0.25, -0.2) is 0 Å². The molecule has 3 atom stereocenters. The van der Waals surface area contributed by atoms with Crippen LogP contribution in [0.25, 0.3) is 0 Å². The van der Waals surface area contributed by atoms with E-state index in [2.05, 4.69) is 36.8 Å². The van der Waals surface area contributed by atoms with Gasteiger partial charge in [-0.1, -0.05) is 13.8 Å². The number of thiophene rings is 1. The number of rotatable bonds is 4. The van der Waals surface area contributed by atoms with Gasteiger partial charge in [0.25, 0.3) is 0 Å². The van der Waals surface area contributed by atoms with Crippen molar-refractivity contribution in [1.29, 1.82) is 0 Å². The first-order valence-corrected chi connectivity index (χ1v) is 8.04. The summed E-state index contributed by atoms with van der Waals surface area (Å²) in [5.41, 5.74) is 9.42. The predicted octanol–water partition coefficient (Wildman–Crippen LogP) is 2.29. The van der Waals surface area contributed by atoms with Gasteiger partial charge in [0, 0.05) is 36.6 Å². The molecule has 1 saturated heterocycles. The lowest BCUT2D eigenvalue weighted by Gasteiger charge is -2.62. The first-order valence-electron chi connectivity index (χ1n) is 7.09. The zero-order chi connectivity index (χ0) is 13.7. The molecule has 3 N–H and O–H groups in total. The van der Waals surface area contributed by atoms with Crippen molar-refractivity contribution in [2.75, 3.05) is 13.2 Å². The number of nitrogens with one attached hydrogen (secondary N) is 1. The maximum atomic E-state index is 6.70. The molecule has 2 fully saturated rings. The largest absolute Gasteiger partial charge is 0.377 e. The highest BCUT2D eigenvalue weighted by Crippen LogP contribution is 2.57. The lowest BCUT2D eigenvalue weighted by Crippen LogP contribution is -2.77. The fourth-order valence-electron chi connectivity index (χ4n) is 3.81. The fraction of sp³-hybridized carbons (Fsp3) is 0.733. The molecular formula is C15H24N2OS. The van der Waals surface area contributed by atoms with Crippen molar-refractivity contribution in [3.63, 3.8) is 0 Å². The summed E-state index contributed by atoms with van der Waals surface area (Å²) in [5, 5.41) is 7.98. The second-order valence-electron chi connectivity index (χ2n) is 6.63. The Labute approximate surface area is 119 Å². The van der Waals surface area contributed by atoms with E-state index in [4.69, 9.17) is 10.5 Å². The highest BCUT2D eigenvalue weighted by molar-refractivity contribution is 7.08. The average Bonchev–Trinajstić information content (AvgIpc) is 2.97. The summed E-state index contributed by atoms with van der Waals surface area (Å²) in [7, 11) is 0.